The number of rotatable bonds is 7. The van der Waals surface area contributed by atoms with Gasteiger partial charge in [-0.3, -0.25) is 9.59 Å². The van der Waals surface area contributed by atoms with Gasteiger partial charge in [-0.1, -0.05) is 0 Å². The first kappa shape index (κ1) is 28.7. The van der Waals surface area contributed by atoms with E-state index in [0.29, 0.717) is 22.5 Å². The predicted octanol–water partition coefficient (Wildman–Crippen LogP) is 3.19. The summed E-state index contributed by atoms with van der Waals surface area (Å²) in [5.41, 5.74) is 0.659. The van der Waals surface area contributed by atoms with Gasteiger partial charge in [-0.15, -0.1) is 0 Å². The molecule has 0 spiro atoms. The lowest BCUT2D eigenvalue weighted by molar-refractivity contribution is -0.221. The number of nitrogens with one attached hydrogen (secondary N) is 1. The van der Waals surface area contributed by atoms with Crippen LogP contribution in [0.3, 0.4) is 0 Å². The minimum Gasteiger partial charge on any atom is -0.387 e. The van der Waals surface area contributed by atoms with E-state index in [1.54, 1.807) is 23.1 Å². The molecule has 14 heteroatoms. The summed E-state index contributed by atoms with van der Waals surface area (Å²) in [6.07, 6.45) is -4.44. The second-order valence-electron chi connectivity index (χ2n) is 11.1. The molecule has 1 aromatic carbocycles. The van der Waals surface area contributed by atoms with Gasteiger partial charge < -0.3 is 25.3 Å². The molecule has 0 bridgehead atoms. The molecule has 1 saturated heterocycles. The van der Waals surface area contributed by atoms with Crippen LogP contribution in [-0.2, 0) is 6.54 Å². The Labute approximate surface area is 232 Å². The Morgan fingerprint density at radius 3 is 2.59 bits per heavy atom. The molecule has 0 radical (unpaired) electrons. The number of carbonyl (C=O) groups is 2. The molecule has 2 atom stereocenters. The molecule has 3 aromatic rings. The second kappa shape index (κ2) is 10.6. The predicted molar refractivity (Wildman–Crippen MR) is 140 cm³/mol. The number of carbonyl (C=O) groups excluding carboxylic acids is 2. The van der Waals surface area contributed by atoms with Crippen LogP contribution in [0.15, 0.2) is 36.9 Å². The first-order valence-corrected chi connectivity index (χ1v) is 13.1. The van der Waals surface area contributed by atoms with Gasteiger partial charge in [0.05, 0.1) is 40.8 Å². The van der Waals surface area contributed by atoms with E-state index in [9.17, 15) is 37.4 Å². The Morgan fingerprint density at radius 2 is 1.93 bits per heavy atom. The van der Waals surface area contributed by atoms with Crippen LogP contribution in [0.2, 0.25) is 0 Å². The number of hydrogen-bond donors (Lipinski definition) is 3. The Hall–Kier alpha value is -3.78. The number of piperidine rings is 1. The van der Waals surface area contributed by atoms with Crippen molar-refractivity contribution < 1.29 is 37.4 Å². The largest absolute Gasteiger partial charge is 0.414 e. The lowest BCUT2D eigenvalue weighted by Crippen LogP contribution is -2.43. The van der Waals surface area contributed by atoms with Crippen molar-refractivity contribution in [3.63, 3.8) is 0 Å². The van der Waals surface area contributed by atoms with Crippen LogP contribution in [0.1, 0.15) is 53.0 Å². The SMILES string of the molecule is CC(C)(O)C(F)CN1Cc2cc(NC(=O)c3cnn4cnccc34)c(N3CCC(C(O)C(F)(F)F)CC3)cc2C1=O. The van der Waals surface area contributed by atoms with Crippen molar-refractivity contribution in [1.82, 2.24) is 19.5 Å². The van der Waals surface area contributed by atoms with E-state index in [1.165, 1.54) is 42.0 Å². The molecule has 2 unspecified atom stereocenters. The first-order chi connectivity index (χ1) is 19.2. The number of fused-ring (bicyclic) bond motifs is 2. The number of benzene rings is 1. The zero-order chi connectivity index (χ0) is 29.7. The van der Waals surface area contributed by atoms with Crippen LogP contribution in [0.4, 0.5) is 28.9 Å². The standard InChI is InChI=1S/C27H30F4N6O4/c1-26(2,41)22(28)13-36-12-16-9-19(34-24(39)18-11-33-37-14-32-6-3-20(18)37)21(10-17(16)25(36)40)35-7-4-15(5-8-35)23(38)27(29,30)31/h3,6,9-11,14-15,22-23,38,41H,4-5,7-8,12-13H2,1-2H3,(H,34,39). The van der Waals surface area contributed by atoms with Gasteiger partial charge in [0.2, 0.25) is 0 Å². The van der Waals surface area contributed by atoms with Crippen molar-refractivity contribution in [1.29, 1.82) is 0 Å². The molecule has 3 N–H and O–H groups in total. The number of aromatic nitrogens is 3. The fraction of sp³-hybridized carbons (Fsp3) is 0.481. The minimum atomic E-state index is -4.73. The summed E-state index contributed by atoms with van der Waals surface area (Å²) in [5, 5.41) is 26.7. The van der Waals surface area contributed by atoms with Crippen LogP contribution in [0, 0.1) is 5.92 Å². The van der Waals surface area contributed by atoms with E-state index in [0.717, 1.165) is 0 Å². The van der Waals surface area contributed by atoms with E-state index in [1.807, 2.05) is 0 Å². The Kier molecular flexibility index (Phi) is 7.40. The summed E-state index contributed by atoms with van der Waals surface area (Å²) < 4.78 is 55.3. The third-order valence-corrected chi connectivity index (χ3v) is 7.73. The number of hydrogen-bond acceptors (Lipinski definition) is 7. The van der Waals surface area contributed by atoms with Crippen LogP contribution < -0.4 is 10.2 Å². The number of nitrogens with zero attached hydrogens (tertiary/aromatic N) is 5. The molecule has 220 valence electrons. The third kappa shape index (κ3) is 5.71. The molecule has 10 nitrogen and oxygen atoms in total. The highest BCUT2D eigenvalue weighted by Crippen LogP contribution is 2.39. The number of aliphatic hydroxyl groups excluding tert-OH is 1. The van der Waals surface area contributed by atoms with Crippen LogP contribution in [0.5, 0.6) is 0 Å². The van der Waals surface area contributed by atoms with Crippen molar-refractivity contribution in [3.05, 3.63) is 53.6 Å². The van der Waals surface area contributed by atoms with Crippen LogP contribution >= 0.6 is 0 Å². The zero-order valence-electron chi connectivity index (χ0n) is 22.4. The topological polar surface area (TPSA) is 123 Å². The van der Waals surface area contributed by atoms with Crippen LogP contribution in [-0.4, -0.2) is 85.2 Å². The summed E-state index contributed by atoms with van der Waals surface area (Å²) in [4.78, 5) is 33.6. The van der Waals surface area contributed by atoms with Gasteiger partial charge in [0.1, 0.15) is 12.5 Å². The first-order valence-electron chi connectivity index (χ1n) is 13.1. The highest BCUT2D eigenvalue weighted by atomic mass is 19.4. The molecule has 2 aliphatic heterocycles. The number of anilines is 2. The maximum atomic E-state index is 14.6. The number of alkyl halides is 4. The lowest BCUT2D eigenvalue weighted by atomic mass is 9.90. The average molecular weight is 579 g/mol. The zero-order valence-corrected chi connectivity index (χ0v) is 22.4. The second-order valence-corrected chi connectivity index (χ2v) is 11.1. The summed E-state index contributed by atoms with van der Waals surface area (Å²) in [7, 11) is 0. The highest BCUT2D eigenvalue weighted by Gasteiger charge is 2.44. The van der Waals surface area contributed by atoms with Crippen LogP contribution in [0.25, 0.3) is 5.52 Å². The molecule has 41 heavy (non-hydrogen) atoms. The third-order valence-electron chi connectivity index (χ3n) is 7.73. The molecule has 0 saturated carbocycles. The van der Waals surface area contributed by atoms with Gasteiger partial charge in [-0.2, -0.15) is 18.3 Å². The highest BCUT2D eigenvalue weighted by molar-refractivity contribution is 6.11. The van der Waals surface area contributed by atoms with Gasteiger partial charge in [0.25, 0.3) is 11.8 Å². The van der Waals surface area contributed by atoms with Gasteiger partial charge in [-0.05, 0) is 56.4 Å². The van der Waals surface area contributed by atoms with Crippen molar-refractivity contribution >= 4 is 28.7 Å². The Bertz CT molecular complexity index is 1460. The smallest absolute Gasteiger partial charge is 0.387 e. The summed E-state index contributed by atoms with van der Waals surface area (Å²) in [6, 6.07) is 4.79. The minimum absolute atomic E-state index is 0.0430. The number of halogens is 4. The normalized spacial score (nSPS) is 18.1. The van der Waals surface area contributed by atoms with E-state index in [2.05, 4.69) is 15.4 Å². The van der Waals surface area contributed by atoms with Gasteiger partial charge in [-0.25, -0.2) is 13.9 Å². The van der Waals surface area contributed by atoms with E-state index < -0.39 is 41.8 Å². The van der Waals surface area contributed by atoms with Crippen molar-refractivity contribution in [2.45, 2.75) is 57.3 Å². The van der Waals surface area contributed by atoms with E-state index >= 15 is 0 Å². The molecule has 2 aliphatic rings. The van der Waals surface area contributed by atoms with Gasteiger partial charge >= 0.3 is 6.18 Å². The van der Waals surface area contributed by atoms with Crippen molar-refractivity contribution in [2.24, 2.45) is 5.92 Å². The number of amides is 2. The summed E-state index contributed by atoms with van der Waals surface area (Å²) >= 11 is 0. The monoisotopic (exact) mass is 578 g/mol. The van der Waals surface area contributed by atoms with E-state index in [4.69, 9.17) is 0 Å². The Balaban J connectivity index is 1.45. The maximum Gasteiger partial charge on any atom is 0.414 e. The molecule has 1 fully saturated rings. The summed E-state index contributed by atoms with van der Waals surface area (Å²) in [6.45, 7) is 2.62. The van der Waals surface area contributed by atoms with Crippen molar-refractivity contribution in [3.8, 4) is 0 Å². The molecule has 4 heterocycles. The molecule has 2 amide bonds. The maximum absolute atomic E-state index is 14.6. The Morgan fingerprint density at radius 1 is 1.22 bits per heavy atom. The molecule has 0 aliphatic carbocycles. The summed E-state index contributed by atoms with van der Waals surface area (Å²) in [5.74, 6) is -1.93. The van der Waals surface area contributed by atoms with Gasteiger partial charge in [0.15, 0.2) is 6.10 Å². The number of aliphatic hydroxyl groups is 2. The van der Waals surface area contributed by atoms with Gasteiger partial charge in [0, 0.05) is 31.4 Å². The van der Waals surface area contributed by atoms with E-state index in [-0.39, 0.29) is 50.1 Å². The fourth-order valence-electron chi connectivity index (χ4n) is 5.27. The fourth-order valence-corrected chi connectivity index (χ4v) is 5.27. The molecular formula is C27H30F4N6O4. The quantitative estimate of drug-likeness (QED) is 0.368. The lowest BCUT2D eigenvalue weighted by Gasteiger charge is -2.37. The molecule has 5 rings (SSSR count). The molecule has 2 aromatic heterocycles. The molecular weight excluding hydrogens is 548 g/mol. The van der Waals surface area contributed by atoms with Crippen molar-refractivity contribution in [2.75, 3.05) is 29.9 Å². The average Bonchev–Trinajstić information content (AvgIpc) is 3.48.